The Hall–Kier alpha value is -0.910. The van der Waals surface area contributed by atoms with Crippen LogP contribution in [-0.2, 0) is 17.8 Å². The van der Waals surface area contributed by atoms with Gasteiger partial charge in [-0.25, -0.2) is 0 Å². The number of aliphatic hydroxyl groups excluding tert-OH is 1. The summed E-state index contributed by atoms with van der Waals surface area (Å²) in [4.78, 5) is 0. The van der Waals surface area contributed by atoms with Crippen molar-refractivity contribution >= 4 is 0 Å². The van der Waals surface area contributed by atoms with Gasteiger partial charge in [0.25, 0.3) is 0 Å². The van der Waals surface area contributed by atoms with Crippen molar-refractivity contribution in [2.45, 2.75) is 38.5 Å². The third-order valence-electron chi connectivity index (χ3n) is 3.01. The molecule has 17 heavy (non-hydrogen) atoms. The van der Waals surface area contributed by atoms with E-state index in [1.165, 1.54) is 12.8 Å². The maximum atomic E-state index is 8.77. The van der Waals surface area contributed by atoms with E-state index >= 15 is 0 Å². The number of ether oxygens (including phenoxy) is 1. The molecule has 0 spiro atoms. The van der Waals surface area contributed by atoms with Gasteiger partial charge in [-0.1, -0.05) is 0 Å². The number of aliphatic hydroxyl groups is 1. The van der Waals surface area contributed by atoms with Crippen molar-refractivity contribution in [1.29, 1.82) is 0 Å². The molecule has 1 aliphatic heterocycles. The summed E-state index contributed by atoms with van der Waals surface area (Å²) >= 11 is 0. The first-order chi connectivity index (χ1) is 8.38. The van der Waals surface area contributed by atoms with Crippen molar-refractivity contribution in [3.63, 3.8) is 0 Å². The molecule has 0 bridgehead atoms. The fourth-order valence-electron chi connectivity index (χ4n) is 2.09. The second-order valence-electron chi connectivity index (χ2n) is 4.44. The highest BCUT2D eigenvalue weighted by Gasteiger charge is 2.14. The van der Waals surface area contributed by atoms with E-state index < -0.39 is 0 Å². The molecule has 0 aromatic carbocycles. The number of hydrogen-bond donors (Lipinski definition) is 2. The van der Waals surface area contributed by atoms with Gasteiger partial charge in [-0.2, -0.15) is 5.10 Å². The van der Waals surface area contributed by atoms with E-state index in [1.807, 2.05) is 12.4 Å². The van der Waals surface area contributed by atoms with E-state index in [1.54, 1.807) is 4.68 Å². The Bertz CT molecular complexity index is 321. The first-order valence-electron chi connectivity index (χ1n) is 6.33. The molecule has 2 N–H and O–H groups in total. The van der Waals surface area contributed by atoms with Crippen molar-refractivity contribution < 1.29 is 9.84 Å². The van der Waals surface area contributed by atoms with Gasteiger partial charge in [0.1, 0.15) is 0 Å². The van der Waals surface area contributed by atoms with E-state index in [2.05, 4.69) is 10.4 Å². The molecule has 1 fully saturated rings. The van der Waals surface area contributed by atoms with Crippen LogP contribution < -0.4 is 5.32 Å². The molecule has 1 aromatic rings. The van der Waals surface area contributed by atoms with Gasteiger partial charge < -0.3 is 15.2 Å². The molecule has 5 nitrogen and oxygen atoms in total. The van der Waals surface area contributed by atoms with Crippen molar-refractivity contribution in [2.24, 2.45) is 0 Å². The summed E-state index contributed by atoms with van der Waals surface area (Å²) in [6.45, 7) is 3.44. The highest BCUT2D eigenvalue weighted by atomic mass is 16.5. The van der Waals surface area contributed by atoms with Crippen LogP contribution in [0.15, 0.2) is 12.4 Å². The summed E-state index contributed by atoms with van der Waals surface area (Å²) in [7, 11) is 0. The summed E-state index contributed by atoms with van der Waals surface area (Å²) in [6, 6.07) is 0. The van der Waals surface area contributed by atoms with Gasteiger partial charge in [0, 0.05) is 24.9 Å². The molecule has 1 aliphatic rings. The van der Waals surface area contributed by atoms with Crippen LogP contribution in [0, 0.1) is 0 Å². The third kappa shape index (κ3) is 4.11. The molecule has 5 heteroatoms. The van der Waals surface area contributed by atoms with Crippen LogP contribution in [0.4, 0.5) is 0 Å². The van der Waals surface area contributed by atoms with Crippen LogP contribution >= 0.6 is 0 Å². The summed E-state index contributed by atoms with van der Waals surface area (Å²) in [5, 5.41) is 16.3. The van der Waals surface area contributed by atoms with E-state index in [0.717, 1.165) is 31.7 Å². The molecular weight excluding hydrogens is 218 g/mol. The van der Waals surface area contributed by atoms with Gasteiger partial charge in [-0.3, -0.25) is 4.68 Å². The summed E-state index contributed by atoms with van der Waals surface area (Å²) < 4.78 is 7.32. The van der Waals surface area contributed by atoms with E-state index in [0.29, 0.717) is 12.6 Å². The first kappa shape index (κ1) is 12.5. The molecule has 0 saturated carbocycles. The molecule has 1 saturated heterocycles. The van der Waals surface area contributed by atoms with Crippen LogP contribution in [0.1, 0.15) is 24.8 Å². The molecule has 2 rings (SSSR count). The molecule has 96 valence electrons. The molecule has 1 atom stereocenters. The number of rotatable bonds is 7. The van der Waals surface area contributed by atoms with Crippen molar-refractivity contribution in [2.75, 3.05) is 19.8 Å². The maximum Gasteiger partial charge on any atom is 0.0640 e. The van der Waals surface area contributed by atoms with E-state index in [-0.39, 0.29) is 6.61 Å². The number of nitrogens with zero attached hydrogens (tertiary/aromatic N) is 2. The predicted octanol–water partition coefficient (Wildman–Crippen LogP) is 0.534. The number of hydrogen-bond acceptors (Lipinski definition) is 4. The van der Waals surface area contributed by atoms with Crippen LogP contribution in [0.5, 0.6) is 0 Å². The van der Waals surface area contributed by atoms with E-state index in [9.17, 15) is 0 Å². The molecule has 2 heterocycles. The molecule has 0 amide bonds. The minimum atomic E-state index is 0.133. The Balaban J connectivity index is 1.60. The average Bonchev–Trinajstić information content (AvgIpc) is 2.96. The van der Waals surface area contributed by atoms with Crippen LogP contribution in [-0.4, -0.2) is 40.7 Å². The van der Waals surface area contributed by atoms with Crippen LogP contribution in [0.3, 0.4) is 0 Å². The molecule has 1 aromatic heterocycles. The second kappa shape index (κ2) is 6.74. The largest absolute Gasteiger partial charge is 0.394 e. The molecule has 0 aliphatic carbocycles. The van der Waals surface area contributed by atoms with Crippen molar-refractivity contribution in [3.05, 3.63) is 18.0 Å². The maximum absolute atomic E-state index is 8.77. The fraction of sp³-hybridized carbons (Fsp3) is 0.750. The quantitative estimate of drug-likeness (QED) is 0.682. The molecule has 0 radical (unpaired) electrons. The highest BCUT2D eigenvalue weighted by Crippen LogP contribution is 2.14. The average molecular weight is 239 g/mol. The smallest absolute Gasteiger partial charge is 0.0640 e. The zero-order valence-corrected chi connectivity index (χ0v) is 10.1. The SMILES string of the molecule is OCCn1cc(CNCCC2CCCO2)cn1. The summed E-state index contributed by atoms with van der Waals surface area (Å²) in [5.41, 5.74) is 1.16. The highest BCUT2D eigenvalue weighted by molar-refractivity contribution is 5.03. The minimum Gasteiger partial charge on any atom is -0.394 e. The predicted molar refractivity (Wildman–Crippen MR) is 64.6 cm³/mol. The van der Waals surface area contributed by atoms with Gasteiger partial charge in [-0.15, -0.1) is 0 Å². The molecule has 1 unspecified atom stereocenters. The topological polar surface area (TPSA) is 59.3 Å². The normalized spacial score (nSPS) is 19.9. The Morgan fingerprint density at radius 1 is 1.59 bits per heavy atom. The Labute approximate surface area is 102 Å². The Morgan fingerprint density at radius 2 is 2.53 bits per heavy atom. The van der Waals surface area contributed by atoms with E-state index in [4.69, 9.17) is 9.84 Å². The Kier molecular flexibility index (Phi) is 4.97. The Morgan fingerprint density at radius 3 is 3.29 bits per heavy atom. The number of aromatic nitrogens is 2. The summed E-state index contributed by atoms with van der Waals surface area (Å²) in [6.07, 6.45) is 7.77. The van der Waals surface area contributed by atoms with Gasteiger partial charge in [0.2, 0.25) is 0 Å². The van der Waals surface area contributed by atoms with Gasteiger partial charge in [0.05, 0.1) is 25.5 Å². The lowest BCUT2D eigenvalue weighted by Crippen LogP contribution is -2.19. The summed E-state index contributed by atoms with van der Waals surface area (Å²) in [5.74, 6) is 0. The third-order valence-corrected chi connectivity index (χ3v) is 3.01. The van der Waals surface area contributed by atoms with Crippen molar-refractivity contribution in [1.82, 2.24) is 15.1 Å². The minimum absolute atomic E-state index is 0.133. The van der Waals surface area contributed by atoms with Crippen molar-refractivity contribution in [3.8, 4) is 0 Å². The number of nitrogens with one attached hydrogen (secondary N) is 1. The first-order valence-corrected chi connectivity index (χ1v) is 6.33. The van der Waals surface area contributed by atoms with Gasteiger partial charge >= 0.3 is 0 Å². The van der Waals surface area contributed by atoms with Crippen LogP contribution in [0.25, 0.3) is 0 Å². The monoisotopic (exact) mass is 239 g/mol. The zero-order chi connectivity index (χ0) is 11.9. The lowest BCUT2D eigenvalue weighted by Gasteiger charge is -2.09. The van der Waals surface area contributed by atoms with Gasteiger partial charge in [0.15, 0.2) is 0 Å². The lowest BCUT2D eigenvalue weighted by molar-refractivity contribution is 0.104. The van der Waals surface area contributed by atoms with Crippen LogP contribution in [0.2, 0.25) is 0 Å². The molecular formula is C12H21N3O2. The van der Waals surface area contributed by atoms with Gasteiger partial charge in [-0.05, 0) is 25.8 Å². The zero-order valence-electron chi connectivity index (χ0n) is 10.1. The fourth-order valence-corrected chi connectivity index (χ4v) is 2.09. The lowest BCUT2D eigenvalue weighted by atomic mass is 10.2. The second-order valence-corrected chi connectivity index (χ2v) is 4.44. The standard InChI is InChI=1S/C12H21N3O2/c16-6-5-15-10-11(9-14-15)8-13-4-3-12-2-1-7-17-12/h9-10,12-13,16H,1-8H2.